The molecule has 0 amide bonds. The molecule has 180 valence electrons. The van der Waals surface area contributed by atoms with Gasteiger partial charge in [0, 0.05) is 34.6 Å². The highest BCUT2D eigenvalue weighted by atomic mass is 16.1. The fraction of sp³-hybridized carbons (Fsp3) is 0.281. The van der Waals surface area contributed by atoms with E-state index in [0.717, 1.165) is 58.9 Å². The zero-order valence-corrected chi connectivity index (χ0v) is 20.9. The summed E-state index contributed by atoms with van der Waals surface area (Å²) in [6.45, 7) is 4.12. The van der Waals surface area contributed by atoms with Crippen molar-refractivity contribution in [3.63, 3.8) is 0 Å². The molecule has 1 fully saturated rings. The van der Waals surface area contributed by atoms with Crippen molar-refractivity contribution in [2.45, 2.75) is 44.9 Å². The van der Waals surface area contributed by atoms with E-state index in [-0.39, 0.29) is 17.3 Å². The molecular weight excluding hydrogens is 442 g/mol. The predicted octanol–water partition coefficient (Wildman–Crippen LogP) is 6.55. The Kier molecular flexibility index (Phi) is 5.48. The Hall–Kier alpha value is -3.79. The van der Waals surface area contributed by atoms with Gasteiger partial charge in [-0.1, -0.05) is 67.6 Å². The lowest BCUT2D eigenvalue weighted by atomic mass is 9.52. The number of carbonyl (C=O) groups is 1. The zero-order valence-electron chi connectivity index (χ0n) is 20.9. The monoisotopic (exact) mass is 473 g/mol. The van der Waals surface area contributed by atoms with Crippen LogP contribution in [0.4, 0.5) is 5.69 Å². The molecule has 36 heavy (non-hydrogen) atoms. The number of anilines is 1. The summed E-state index contributed by atoms with van der Waals surface area (Å²) in [5.41, 5.74) is 14.4. The van der Waals surface area contributed by atoms with Crippen molar-refractivity contribution < 1.29 is 4.79 Å². The topological polar surface area (TPSA) is 68.9 Å². The van der Waals surface area contributed by atoms with Gasteiger partial charge in [-0.2, -0.15) is 0 Å². The largest absolute Gasteiger partial charge is 0.399 e. The SMILES string of the molecule is Cc1nc(-c2cccc(-c3ccc(N)cc3)c2)c2c(n1)[C@@]1(c3ccccc3)CCC(=O)[C@@H](C)[C@@H]1CC2. The minimum absolute atomic E-state index is 0.0275. The van der Waals surface area contributed by atoms with Gasteiger partial charge in [-0.3, -0.25) is 4.79 Å². The predicted molar refractivity (Wildman–Crippen MR) is 144 cm³/mol. The van der Waals surface area contributed by atoms with Gasteiger partial charge in [0.15, 0.2) is 0 Å². The second-order valence-corrected chi connectivity index (χ2v) is 10.4. The van der Waals surface area contributed by atoms with Gasteiger partial charge in [0.05, 0.1) is 11.4 Å². The molecular formula is C32H31N3O. The molecule has 1 saturated carbocycles. The van der Waals surface area contributed by atoms with Crippen LogP contribution in [0.2, 0.25) is 0 Å². The molecule has 3 atom stereocenters. The molecule has 3 aromatic carbocycles. The maximum Gasteiger partial charge on any atom is 0.136 e. The number of carbonyl (C=O) groups excluding carboxylic acids is 1. The highest BCUT2D eigenvalue weighted by Gasteiger charge is 2.53. The fourth-order valence-electron chi connectivity index (χ4n) is 6.67. The molecule has 1 heterocycles. The van der Waals surface area contributed by atoms with E-state index in [1.54, 1.807) is 0 Å². The van der Waals surface area contributed by atoms with Gasteiger partial charge < -0.3 is 5.73 Å². The molecule has 4 aromatic rings. The minimum atomic E-state index is -0.265. The molecule has 2 N–H and O–H groups in total. The molecule has 0 bridgehead atoms. The fourth-order valence-corrected chi connectivity index (χ4v) is 6.67. The number of fused-ring (bicyclic) bond motifs is 3. The highest BCUT2D eigenvalue weighted by Crippen LogP contribution is 2.55. The van der Waals surface area contributed by atoms with Crippen molar-refractivity contribution in [1.82, 2.24) is 9.97 Å². The van der Waals surface area contributed by atoms with E-state index in [9.17, 15) is 4.79 Å². The van der Waals surface area contributed by atoms with E-state index in [1.165, 1.54) is 11.1 Å². The van der Waals surface area contributed by atoms with Crippen LogP contribution in [0.3, 0.4) is 0 Å². The third-order valence-corrected chi connectivity index (χ3v) is 8.43. The van der Waals surface area contributed by atoms with Crippen molar-refractivity contribution in [2.75, 3.05) is 5.73 Å². The summed E-state index contributed by atoms with van der Waals surface area (Å²) in [4.78, 5) is 23.0. The smallest absolute Gasteiger partial charge is 0.136 e. The standard InChI is InChI=1S/C32H31N3O/c1-20-28-16-15-27-30(24-8-6-7-23(19-24)22-11-13-26(33)14-12-22)34-21(2)35-31(27)32(28,18-17-29(20)36)25-9-4-3-5-10-25/h3-14,19-20,28H,15-18,33H2,1-2H3/t20-,28-,32+/m0/s1. The lowest BCUT2D eigenvalue weighted by molar-refractivity contribution is -0.128. The normalized spacial score (nSPS) is 23.1. The number of nitrogens with zero attached hydrogens (tertiary/aromatic N) is 2. The van der Waals surface area contributed by atoms with Crippen LogP contribution in [0, 0.1) is 18.8 Å². The first-order chi connectivity index (χ1) is 17.5. The average Bonchev–Trinajstić information content (AvgIpc) is 2.91. The lowest BCUT2D eigenvalue weighted by Crippen LogP contribution is -2.50. The number of hydrogen-bond acceptors (Lipinski definition) is 4. The molecule has 0 unspecified atom stereocenters. The highest BCUT2D eigenvalue weighted by molar-refractivity contribution is 5.83. The number of nitrogens with two attached hydrogens (primary N) is 1. The van der Waals surface area contributed by atoms with Gasteiger partial charge in [-0.25, -0.2) is 9.97 Å². The van der Waals surface area contributed by atoms with E-state index < -0.39 is 0 Å². The van der Waals surface area contributed by atoms with E-state index >= 15 is 0 Å². The summed E-state index contributed by atoms with van der Waals surface area (Å²) in [6.07, 6.45) is 3.25. The number of aryl methyl sites for hydroxylation is 1. The molecule has 0 saturated heterocycles. The summed E-state index contributed by atoms with van der Waals surface area (Å²) < 4.78 is 0. The van der Waals surface area contributed by atoms with E-state index in [1.807, 2.05) is 19.1 Å². The number of hydrogen-bond donors (Lipinski definition) is 1. The van der Waals surface area contributed by atoms with Crippen molar-refractivity contribution in [2.24, 2.45) is 11.8 Å². The van der Waals surface area contributed by atoms with Crippen LogP contribution in [0.15, 0.2) is 78.9 Å². The number of ketones is 1. The Labute approximate surface area is 212 Å². The Morgan fingerprint density at radius 2 is 1.61 bits per heavy atom. The maximum atomic E-state index is 12.8. The molecule has 4 nitrogen and oxygen atoms in total. The van der Waals surface area contributed by atoms with Crippen LogP contribution >= 0.6 is 0 Å². The van der Waals surface area contributed by atoms with E-state index in [4.69, 9.17) is 15.7 Å². The zero-order chi connectivity index (χ0) is 24.9. The average molecular weight is 474 g/mol. The van der Waals surface area contributed by atoms with Crippen molar-refractivity contribution in [1.29, 1.82) is 0 Å². The number of rotatable bonds is 3. The van der Waals surface area contributed by atoms with Crippen LogP contribution < -0.4 is 5.73 Å². The summed E-state index contributed by atoms with van der Waals surface area (Å²) in [7, 11) is 0. The van der Waals surface area contributed by atoms with E-state index in [0.29, 0.717) is 12.2 Å². The van der Waals surface area contributed by atoms with Crippen molar-refractivity contribution >= 4 is 11.5 Å². The Balaban J connectivity index is 1.55. The first kappa shape index (κ1) is 22.7. The van der Waals surface area contributed by atoms with Crippen LogP contribution in [0.1, 0.15) is 48.8 Å². The first-order valence-electron chi connectivity index (χ1n) is 12.9. The molecule has 0 aliphatic heterocycles. The maximum absolute atomic E-state index is 12.8. The molecule has 4 heteroatoms. The quantitative estimate of drug-likeness (QED) is 0.343. The molecule has 6 rings (SSSR count). The summed E-state index contributed by atoms with van der Waals surface area (Å²) in [5, 5.41) is 0. The third-order valence-electron chi connectivity index (χ3n) is 8.43. The number of aromatic nitrogens is 2. The molecule has 0 spiro atoms. The summed E-state index contributed by atoms with van der Waals surface area (Å²) in [6, 6.07) is 27.3. The Morgan fingerprint density at radius 3 is 2.39 bits per heavy atom. The van der Waals surface area contributed by atoms with Gasteiger partial charge in [-0.15, -0.1) is 0 Å². The van der Waals surface area contributed by atoms with Gasteiger partial charge >= 0.3 is 0 Å². The van der Waals surface area contributed by atoms with Gasteiger partial charge in [0.1, 0.15) is 11.6 Å². The second kappa shape index (κ2) is 8.70. The molecule has 0 radical (unpaired) electrons. The number of nitrogen functional groups attached to an aromatic ring is 1. The molecule has 1 aromatic heterocycles. The van der Waals surface area contributed by atoms with Gasteiger partial charge in [0.25, 0.3) is 0 Å². The second-order valence-electron chi connectivity index (χ2n) is 10.4. The molecule has 2 aliphatic rings. The molecule has 2 aliphatic carbocycles. The summed E-state index contributed by atoms with van der Waals surface area (Å²) >= 11 is 0. The van der Waals surface area contributed by atoms with Crippen LogP contribution in [-0.2, 0) is 16.6 Å². The number of Topliss-reactive ketones (excluding diaryl/α,β-unsaturated/α-hetero) is 1. The van der Waals surface area contributed by atoms with Crippen molar-refractivity contribution in [3.8, 4) is 22.4 Å². The number of benzene rings is 3. The van der Waals surface area contributed by atoms with Crippen LogP contribution in [0.25, 0.3) is 22.4 Å². The van der Waals surface area contributed by atoms with Gasteiger partial charge in [-0.05, 0) is 67.0 Å². The van der Waals surface area contributed by atoms with Crippen molar-refractivity contribution in [3.05, 3.63) is 102 Å². The minimum Gasteiger partial charge on any atom is -0.399 e. The van der Waals surface area contributed by atoms with E-state index in [2.05, 4.69) is 73.7 Å². The van der Waals surface area contributed by atoms with Crippen LogP contribution in [0.5, 0.6) is 0 Å². The van der Waals surface area contributed by atoms with Gasteiger partial charge in [0.2, 0.25) is 0 Å². The third kappa shape index (κ3) is 3.55. The van der Waals surface area contributed by atoms with Crippen LogP contribution in [-0.4, -0.2) is 15.8 Å². The lowest BCUT2D eigenvalue weighted by Gasteiger charge is -2.50. The Morgan fingerprint density at radius 1 is 0.861 bits per heavy atom. The first-order valence-corrected chi connectivity index (χ1v) is 12.9. The summed E-state index contributed by atoms with van der Waals surface area (Å²) in [5.74, 6) is 1.44. The Bertz CT molecular complexity index is 1440.